The molecule has 0 saturated heterocycles. The van der Waals surface area contributed by atoms with Gasteiger partial charge in [0.1, 0.15) is 13.2 Å². The maximum absolute atomic E-state index is 12.8. The fourth-order valence-corrected chi connectivity index (χ4v) is 6.15. The molecule has 0 bridgehead atoms. The van der Waals surface area contributed by atoms with Crippen LogP contribution in [0.5, 0.6) is 0 Å². The van der Waals surface area contributed by atoms with Crippen LogP contribution < -0.4 is 0 Å². The molecule has 0 N–H and O–H groups in total. The zero-order valence-electron chi connectivity index (χ0n) is 39.6. The van der Waals surface area contributed by atoms with Crippen molar-refractivity contribution in [3.05, 3.63) is 122 Å². The highest BCUT2D eigenvalue weighted by Gasteiger charge is 2.19. The quantitative estimate of drug-likeness (QED) is 0.0263. The first-order valence-electron chi connectivity index (χ1n) is 24.7. The van der Waals surface area contributed by atoms with Crippen molar-refractivity contribution >= 4 is 17.9 Å². The van der Waals surface area contributed by atoms with Gasteiger partial charge in [0.25, 0.3) is 0 Å². The maximum atomic E-state index is 12.8. The molecular formula is C56H88O6. The van der Waals surface area contributed by atoms with Gasteiger partial charge in [0.2, 0.25) is 0 Å². The molecule has 348 valence electrons. The fraction of sp³-hybridized carbons (Fsp3) is 0.589. The SMILES string of the molecule is CC\C=C/C=C\C=C/C=C\CCCCCCCC(=O)OC(COC(=O)CCCCC/C=C\C=C/CCCC)COC(=O)CCCCCCC\C=C/C=C\C=C/C=C\CCCCC. The predicted octanol–water partition coefficient (Wildman–Crippen LogP) is 16.1. The zero-order chi connectivity index (χ0) is 45.1. The highest BCUT2D eigenvalue weighted by Crippen LogP contribution is 2.12. The van der Waals surface area contributed by atoms with Gasteiger partial charge in [-0.3, -0.25) is 14.4 Å². The van der Waals surface area contributed by atoms with Gasteiger partial charge in [-0.05, 0) is 83.5 Å². The van der Waals surface area contributed by atoms with Crippen LogP contribution in [0.1, 0.15) is 194 Å². The number of hydrogen-bond donors (Lipinski definition) is 0. The predicted molar refractivity (Wildman–Crippen MR) is 265 cm³/mol. The third kappa shape index (κ3) is 46.9. The fourth-order valence-electron chi connectivity index (χ4n) is 6.15. The van der Waals surface area contributed by atoms with Gasteiger partial charge in [-0.1, -0.05) is 213 Å². The topological polar surface area (TPSA) is 78.9 Å². The van der Waals surface area contributed by atoms with Crippen molar-refractivity contribution in [3.8, 4) is 0 Å². The lowest BCUT2D eigenvalue weighted by atomic mass is 10.1. The van der Waals surface area contributed by atoms with Crippen LogP contribution in [-0.4, -0.2) is 37.2 Å². The Hall–Kier alpha value is -4.19. The summed E-state index contributed by atoms with van der Waals surface area (Å²) in [7, 11) is 0. The third-order valence-corrected chi connectivity index (χ3v) is 9.89. The van der Waals surface area contributed by atoms with E-state index in [4.69, 9.17) is 14.2 Å². The molecule has 6 nitrogen and oxygen atoms in total. The molecule has 0 fully saturated rings. The molecule has 0 rings (SSSR count). The first-order valence-corrected chi connectivity index (χ1v) is 24.7. The van der Waals surface area contributed by atoms with Gasteiger partial charge in [0, 0.05) is 19.3 Å². The van der Waals surface area contributed by atoms with E-state index in [1.165, 1.54) is 32.1 Å². The first-order chi connectivity index (χ1) is 30.5. The highest BCUT2D eigenvalue weighted by atomic mass is 16.6. The summed E-state index contributed by atoms with van der Waals surface area (Å²) in [4.78, 5) is 37.9. The molecule has 0 aliphatic rings. The van der Waals surface area contributed by atoms with Crippen molar-refractivity contribution in [2.75, 3.05) is 13.2 Å². The van der Waals surface area contributed by atoms with E-state index in [0.717, 1.165) is 122 Å². The molecule has 0 spiro atoms. The van der Waals surface area contributed by atoms with Crippen molar-refractivity contribution in [1.82, 2.24) is 0 Å². The third-order valence-electron chi connectivity index (χ3n) is 9.89. The van der Waals surface area contributed by atoms with Crippen molar-refractivity contribution in [3.63, 3.8) is 0 Å². The van der Waals surface area contributed by atoms with E-state index >= 15 is 0 Å². The average Bonchev–Trinajstić information content (AvgIpc) is 3.27. The van der Waals surface area contributed by atoms with Gasteiger partial charge in [-0.25, -0.2) is 0 Å². The van der Waals surface area contributed by atoms with Crippen LogP contribution in [0, 0.1) is 0 Å². The van der Waals surface area contributed by atoms with Crippen LogP contribution in [0.4, 0.5) is 0 Å². The minimum absolute atomic E-state index is 0.113. The Bertz CT molecular complexity index is 1350. The lowest BCUT2D eigenvalue weighted by molar-refractivity contribution is -0.167. The van der Waals surface area contributed by atoms with E-state index in [0.29, 0.717) is 12.8 Å². The Kier molecular flexibility index (Phi) is 46.1. The summed E-state index contributed by atoms with van der Waals surface area (Å²) in [5.41, 5.74) is 0. The summed E-state index contributed by atoms with van der Waals surface area (Å²) in [6, 6.07) is 0. The van der Waals surface area contributed by atoms with Crippen LogP contribution in [0.15, 0.2) is 122 Å². The Morgan fingerprint density at radius 3 is 1.06 bits per heavy atom. The zero-order valence-corrected chi connectivity index (χ0v) is 39.6. The maximum Gasteiger partial charge on any atom is 0.306 e. The van der Waals surface area contributed by atoms with Crippen LogP contribution in [0.25, 0.3) is 0 Å². The molecule has 6 heteroatoms. The molecule has 0 heterocycles. The molecule has 62 heavy (non-hydrogen) atoms. The number of hydrogen-bond acceptors (Lipinski definition) is 6. The Balaban J connectivity index is 4.52. The van der Waals surface area contributed by atoms with E-state index in [1.54, 1.807) is 0 Å². The minimum atomic E-state index is -0.814. The summed E-state index contributed by atoms with van der Waals surface area (Å²) < 4.78 is 16.7. The number of rotatable bonds is 42. The van der Waals surface area contributed by atoms with Gasteiger partial charge in [-0.15, -0.1) is 0 Å². The minimum Gasteiger partial charge on any atom is -0.462 e. The second-order valence-corrected chi connectivity index (χ2v) is 15.8. The van der Waals surface area contributed by atoms with Crippen LogP contribution in [-0.2, 0) is 28.6 Å². The molecule has 0 amide bonds. The second kappa shape index (κ2) is 49.5. The van der Waals surface area contributed by atoms with Crippen LogP contribution >= 0.6 is 0 Å². The summed E-state index contributed by atoms with van der Waals surface area (Å²) >= 11 is 0. The molecule has 0 radical (unpaired) electrons. The molecule has 0 aliphatic carbocycles. The normalized spacial score (nSPS) is 13.1. The van der Waals surface area contributed by atoms with Gasteiger partial charge in [-0.2, -0.15) is 0 Å². The number of allylic oxidation sites excluding steroid dienone is 20. The van der Waals surface area contributed by atoms with Crippen LogP contribution in [0.3, 0.4) is 0 Å². The van der Waals surface area contributed by atoms with Crippen LogP contribution in [0.2, 0.25) is 0 Å². The van der Waals surface area contributed by atoms with E-state index < -0.39 is 6.10 Å². The summed E-state index contributed by atoms with van der Waals surface area (Å²) in [5.74, 6) is -0.996. The van der Waals surface area contributed by atoms with Crippen molar-refractivity contribution in [1.29, 1.82) is 0 Å². The summed E-state index contributed by atoms with van der Waals surface area (Å²) in [6.07, 6.45) is 67.4. The first kappa shape index (κ1) is 57.8. The smallest absolute Gasteiger partial charge is 0.306 e. The monoisotopic (exact) mass is 857 g/mol. The van der Waals surface area contributed by atoms with E-state index in [2.05, 4.69) is 118 Å². The number of carbonyl (C=O) groups is 3. The number of esters is 3. The van der Waals surface area contributed by atoms with Crippen molar-refractivity contribution in [2.24, 2.45) is 0 Å². The lowest BCUT2D eigenvalue weighted by Gasteiger charge is -2.18. The molecule has 0 saturated carbocycles. The molecule has 0 aliphatic heterocycles. The Morgan fingerprint density at radius 2 is 0.645 bits per heavy atom. The highest BCUT2D eigenvalue weighted by molar-refractivity contribution is 5.71. The van der Waals surface area contributed by atoms with Crippen molar-refractivity contribution < 1.29 is 28.6 Å². The molecule has 0 aromatic rings. The van der Waals surface area contributed by atoms with E-state index in [1.807, 2.05) is 24.3 Å². The largest absolute Gasteiger partial charge is 0.462 e. The lowest BCUT2D eigenvalue weighted by Crippen LogP contribution is -2.30. The Labute approximate surface area is 380 Å². The number of ether oxygens (including phenoxy) is 3. The summed E-state index contributed by atoms with van der Waals surface area (Å²) in [5, 5.41) is 0. The standard InChI is InChI=1S/C56H88O6/c1-4-7-10-13-16-19-22-24-26-27-28-30-31-34-37-40-43-46-49-55(58)61-52-53(51-60-54(57)48-45-42-39-36-33-21-18-15-12-9-6-3)62-56(59)50-47-44-41-38-35-32-29-25-23-20-17-14-11-8-5-2/h8,11,14-30,33,53H,4-7,9-10,12-13,31-32,34-52H2,1-3H3/b11-8-,17-14-,18-15-,19-16-,23-20-,24-22-,27-26-,29-25-,30-28-,33-21-. The average molecular weight is 857 g/mol. The number of carbonyl (C=O) groups excluding carboxylic acids is 3. The van der Waals surface area contributed by atoms with E-state index in [9.17, 15) is 14.4 Å². The van der Waals surface area contributed by atoms with Gasteiger partial charge in [0.05, 0.1) is 0 Å². The van der Waals surface area contributed by atoms with Gasteiger partial charge >= 0.3 is 17.9 Å². The second-order valence-electron chi connectivity index (χ2n) is 15.8. The molecule has 0 aromatic carbocycles. The van der Waals surface area contributed by atoms with E-state index in [-0.39, 0.29) is 37.5 Å². The Morgan fingerprint density at radius 1 is 0.339 bits per heavy atom. The molecule has 1 unspecified atom stereocenters. The van der Waals surface area contributed by atoms with Gasteiger partial charge < -0.3 is 14.2 Å². The van der Waals surface area contributed by atoms with Gasteiger partial charge in [0.15, 0.2) is 6.10 Å². The number of unbranched alkanes of at least 4 members (excludes halogenated alkanes) is 18. The van der Waals surface area contributed by atoms with Crippen molar-refractivity contribution in [2.45, 2.75) is 200 Å². The molecule has 1 atom stereocenters. The molecular weight excluding hydrogens is 769 g/mol. The molecule has 0 aromatic heterocycles. The summed E-state index contributed by atoms with van der Waals surface area (Å²) in [6.45, 7) is 6.32.